The van der Waals surface area contributed by atoms with E-state index in [9.17, 15) is 4.79 Å². The maximum atomic E-state index is 12.6. The van der Waals surface area contributed by atoms with Gasteiger partial charge in [0.25, 0.3) is 5.91 Å². The molecule has 5 heteroatoms. The first-order valence-corrected chi connectivity index (χ1v) is 9.15. The minimum Gasteiger partial charge on any atom is -0.379 e. The van der Waals surface area contributed by atoms with Crippen LogP contribution in [0.4, 0.5) is 0 Å². The third-order valence-electron chi connectivity index (χ3n) is 5.01. The number of carbonyl (C=O) groups excluding carboxylic acids is 1. The second kappa shape index (κ2) is 8.60. The van der Waals surface area contributed by atoms with Crippen LogP contribution in [0.25, 0.3) is 0 Å². The molecule has 2 saturated heterocycles. The van der Waals surface area contributed by atoms with Crippen LogP contribution in [0.15, 0.2) is 24.3 Å². The Labute approximate surface area is 144 Å². The normalized spacial score (nSPS) is 23.6. The van der Waals surface area contributed by atoms with Crippen LogP contribution in [0.3, 0.4) is 0 Å². The molecule has 2 unspecified atom stereocenters. The molecule has 0 saturated carbocycles. The van der Waals surface area contributed by atoms with Gasteiger partial charge in [-0.25, -0.2) is 0 Å². The quantitative estimate of drug-likeness (QED) is 0.864. The molecule has 2 aliphatic rings. The van der Waals surface area contributed by atoms with Gasteiger partial charge >= 0.3 is 0 Å². The van der Waals surface area contributed by atoms with Crippen LogP contribution >= 0.6 is 0 Å². The molecule has 24 heavy (non-hydrogen) atoms. The molecule has 2 fully saturated rings. The first kappa shape index (κ1) is 17.4. The third-order valence-corrected chi connectivity index (χ3v) is 5.01. The van der Waals surface area contributed by atoms with Gasteiger partial charge in [0.1, 0.15) is 0 Å². The van der Waals surface area contributed by atoms with E-state index >= 15 is 0 Å². The highest BCUT2D eigenvalue weighted by Gasteiger charge is 2.21. The van der Waals surface area contributed by atoms with Gasteiger partial charge in [-0.2, -0.15) is 0 Å². The van der Waals surface area contributed by atoms with E-state index in [1.807, 2.05) is 18.2 Å². The van der Waals surface area contributed by atoms with Crippen LogP contribution in [0.5, 0.6) is 0 Å². The molecular formula is C19H29N3O2. The lowest BCUT2D eigenvalue weighted by Crippen LogP contribution is -2.50. The van der Waals surface area contributed by atoms with Gasteiger partial charge in [0.2, 0.25) is 0 Å². The van der Waals surface area contributed by atoms with Crippen molar-refractivity contribution in [2.45, 2.75) is 44.8 Å². The molecule has 2 heterocycles. The van der Waals surface area contributed by atoms with Crippen LogP contribution in [-0.2, 0) is 11.3 Å². The zero-order chi connectivity index (χ0) is 16.8. The fourth-order valence-corrected chi connectivity index (χ4v) is 3.52. The van der Waals surface area contributed by atoms with Crippen molar-refractivity contribution < 1.29 is 9.53 Å². The number of hydrogen-bond acceptors (Lipinski definition) is 4. The van der Waals surface area contributed by atoms with Gasteiger partial charge in [0.05, 0.1) is 13.2 Å². The third kappa shape index (κ3) is 4.79. The first-order chi connectivity index (χ1) is 11.7. The van der Waals surface area contributed by atoms with Crippen LogP contribution < -0.4 is 10.6 Å². The zero-order valence-corrected chi connectivity index (χ0v) is 14.6. The van der Waals surface area contributed by atoms with Gasteiger partial charge in [-0.1, -0.05) is 18.6 Å². The van der Waals surface area contributed by atoms with Crippen LogP contribution in [0, 0.1) is 0 Å². The number of carbonyl (C=O) groups is 1. The lowest BCUT2D eigenvalue weighted by molar-refractivity contribution is 0.0342. The Balaban J connectivity index is 1.56. The molecule has 0 aromatic heterocycles. The molecule has 2 aliphatic heterocycles. The number of piperidine rings is 1. The zero-order valence-electron chi connectivity index (χ0n) is 14.6. The molecule has 1 aromatic rings. The topological polar surface area (TPSA) is 53.6 Å². The minimum atomic E-state index is 0.0266. The summed E-state index contributed by atoms with van der Waals surface area (Å²) in [5, 5.41) is 6.67. The fraction of sp³-hybridized carbons (Fsp3) is 0.632. The number of rotatable bonds is 5. The summed E-state index contributed by atoms with van der Waals surface area (Å²) in [5.74, 6) is 0.0266. The summed E-state index contributed by atoms with van der Waals surface area (Å²) in [6.07, 6.45) is 3.62. The van der Waals surface area contributed by atoms with Crippen molar-refractivity contribution in [2.75, 3.05) is 32.8 Å². The number of hydrogen-bond donors (Lipinski definition) is 2. The van der Waals surface area contributed by atoms with Crippen molar-refractivity contribution in [3.8, 4) is 0 Å². The highest BCUT2D eigenvalue weighted by atomic mass is 16.5. The summed E-state index contributed by atoms with van der Waals surface area (Å²) in [5.41, 5.74) is 1.94. The molecule has 5 nitrogen and oxygen atoms in total. The minimum absolute atomic E-state index is 0.0266. The molecule has 2 N–H and O–H groups in total. The molecule has 0 radical (unpaired) electrons. The maximum Gasteiger partial charge on any atom is 0.251 e. The molecule has 3 rings (SSSR count). The second-order valence-electron chi connectivity index (χ2n) is 6.91. The van der Waals surface area contributed by atoms with Crippen LogP contribution in [0.2, 0.25) is 0 Å². The van der Waals surface area contributed by atoms with Crippen molar-refractivity contribution in [3.63, 3.8) is 0 Å². The SMILES string of the molecule is CC(NC(=O)c1cccc(CN2CCOCC2)c1)C1CCCCN1. The van der Waals surface area contributed by atoms with E-state index in [4.69, 9.17) is 4.74 Å². The van der Waals surface area contributed by atoms with Crippen LogP contribution in [0.1, 0.15) is 42.1 Å². The molecule has 2 atom stereocenters. The largest absolute Gasteiger partial charge is 0.379 e. The van der Waals surface area contributed by atoms with Crippen molar-refractivity contribution in [2.24, 2.45) is 0 Å². The monoisotopic (exact) mass is 331 g/mol. The number of benzene rings is 1. The Hall–Kier alpha value is -1.43. The molecule has 1 aromatic carbocycles. The number of nitrogens with one attached hydrogen (secondary N) is 2. The van der Waals surface area contributed by atoms with Gasteiger partial charge in [0.15, 0.2) is 0 Å². The van der Waals surface area contributed by atoms with Crippen LogP contribution in [-0.4, -0.2) is 55.7 Å². The van der Waals surface area contributed by atoms with Gasteiger partial charge < -0.3 is 15.4 Å². The number of ether oxygens (including phenoxy) is 1. The summed E-state index contributed by atoms with van der Waals surface area (Å²) < 4.78 is 5.39. The summed E-state index contributed by atoms with van der Waals surface area (Å²) in [6.45, 7) is 7.54. The Morgan fingerprint density at radius 2 is 2.21 bits per heavy atom. The Morgan fingerprint density at radius 1 is 1.38 bits per heavy atom. The molecule has 0 bridgehead atoms. The van der Waals surface area contributed by atoms with Crippen molar-refractivity contribution in [3.05, 3.63) is 35.4 Å². The highest BCUT2D eigenvalue weighted by Crippen LogP contribution is 2.13. The van der Waals surface area contributed by atoms with Crippen molar-refractivity contribution >= 4 is 5.91 Å². The molecule has 1 amide bonds. The summed E-state index contributed by atoms with van der Waals surface area (Å²) >= 11 is 0. The number of amides is 1. The van der Waals surface area contributed by atoms with Gasteiger partial charge in [0, 0.05) is 37.3 Å². The molecule has 0 aliphatic carbocycles. The second-order valence-corrected chi connectivity index (χ2v) is 6.91. The van der Waals surface area contributed by atoms with E-state index in [0.717, 1.165) is 51.4 Å². The molecule has 0 spiro atoms. The lowest BCUT2D eigenvalue weighted by atomic mass is 9.98. The summed E-state index contributed by atoms with van der Waals surface area (Å²) in [6, 6.07) is 8.54. The van der Waals surface area contributed by atoms with E-state index in [0.29, 0.717) is 6.04 Å². The number of nitrogens with zero attached hydrogens (tertiary/aromatic N) is 1. The molecule has 132 valence electrons. The summed E-state index contributed by atoms with van der Waals surface area (Å²) in [7, 11) is 0. The standard InChI is InChI=1S/C19H29N3O2/c1-15(18-7-2-3-8-20-18)21-19(23)17-6-4-5-16(13-17)14-22-9-11-24-12-10-22/h4-6,13,15,18,20H,2-3,7-12,14H2,1H3,(H,21,23). The van der Waals surface area contributed by atoms with Crippen molar-refractivity contribution in [1.82, 2.24) is 15.5 Å². The average molecular weight is 331 g/mol. The first-order valence-electron chi connectivity index (χ1n) is 9.15. The Morgan fingerprint density at radius 3 is 2.96 bits per heavy atom. The molecular weight excluding hydrogens is 302 g/mol. The summed E-state index contributed by atoms with van der Waals surface area (Å²) in [4.78, 5) is 14.9. The lowest BCUT2D eigenvalue weighted by Gasteiger charge is -2.29. The predicted molar refractivity (Wildman–Crippen MR) is 95.1 cm³/mol. The maximum absolute atomic E-state index is 12.6. The van der Waals surface area contributed by atoms with E-state index in [1.165, 1.54) is 18.4 Å². The Bertz CT molecular complexity index is 537. The van der Waals surface area contributed by atoms with E-state index in [-0.39, 0.29) is 11.9 Å². The van der Waals surface area contributed by atoms with Gasteiger partial charge in [-0.05, 0) is 44.0 Å². The highest BCUT2D eigenvalue weighted by molar-refractivity contribution is 5.94. The van der Waals surface area contributed by atoms with Gasteiger partial charge in [-0.15, -0.1) is 0 Å². The number of morpholine rings is 1. The van der Waals surface area contributed by atoms with Crippen molar-refractivity contribution in [1.29, 1.82) is 0 Å². The predicted octanol–water partition coefficient (Wildman–Crippen LogP) is 1.78. The average Bonchev–Trinajstić information content (AvgIpc) is 2.63. The van der Waals surface area contributed by atoms with E-state index in [2.05, 4.69) is 28.5 Å². The van der Waals surface area contributed by atoms with E-state index in [1.54, 1.807) is 0 Å². The van der Waals surface area contributed by atoms with Gasteiger partial charge in [-0.3, -0.25) is 9.69 Å². The smallest absolute Gasteiger partial charge is 0.251 e. The Kier molecular flexibility index (Phi) is 6.24. The van der Waals surface area contributed by atoms with E-state index < -0.39 is 0 Å². The fourth-order valence-electron chi connectivity index (χ4n) is 3.52.